The summed E-state index contributed by atoms with van der Waals surface area (Å²) in [5.74, 6) is 0.104. The minimum Gasteiger partial charge on any atom is -0.475 e. The van der Waals surface area contributed by atoms with Crippen molar-refractivity contribution in [2.24, 2.45) is 0 Å². The number of fused-ring (bicyclic) bond motifs is 3. The first kappa shape index (κ1) is 28.9. The summed E-state index contributed by atoms with van der Waals surface area (Å²) in [5.41, 5.74) is 8.70. The maximum Gasteiger partial charge on any atom is 0.319 e. The van der Waals surface area contributed by atoms with E-state index in [2.05, 4.69) is 21.4 Å². The smallest absolute Gasteiger partial charge is 0.319 e. The van der Waals surface area contributed by atoms with Gasteiger partial charge in [0, 0.05) is 54.3 Å². The van der Waals surface area contributed by atoms with E-state index in [0.717, 1.165) is 36.6 Å². The molecule has 4 aliphatic heterocycles. The Morgan fingerprint density at radius 3 is 2.93 bits per heavy atom. The number of aliphatic hydroxyl groups is 1. The van der Waals surface area contributed by atoms with Gasteiger partial charge < -0.3 is 35.4 Å². The van der Waals surface area contributed by atoms with Crippen LogP contribution in [0.4, 0.5) is 15.9 Å². The van der Waals surface area contributed by atoms with Crippen molar-refractivity contribution < 1.29 is 23.7 Å². The number of nitrogens with zero attached hydrogens (tertiary/aromatic N) is 5. The molecule has 1 aliphatic carbocycles. The van der Waals surface area contributed by atoms with E-state index in [-0.39, 0.29) is 54.0 Å². The summed E-state index contributed by atoms with van der Waals surface area (Å²) in [5, 5.41) is 19.4. The number of hydrogen-bond acceptors (Lipinski definition) is 11. The van der Waals surface area contributed by atoms with Crippen molar-refractivity contribution in [2.75, 3.05) is 56.7 Å². The standard InChI is InChI=1S/C32H35ClFN7O4/c1-16-8-32(9-19(42)12-40(32)11-16)15-45-31-38-28-25-29(39-31)41-5-2-6-43-13-18(41)14-44-30(25)37-27(26(28)34)24-20(10-35)22(36)7-21(33)23(24)17-3-4-17/h7,10,17-19,35,42H,1-6,8-9,11-15,36H2/t18-,19-,32+/m0/s1. The molecule has 2 aromatic heterocycles. The molecule has 3 atom stereocenters. The van der Waals surface area contributed by atoms with Crippen LogP contribution in [0.15, 0.2) is 18.2 Å². The van der Waals surface area contributed by atoms with Gasteiger partial charge in [-0.05, 0) is 49.7 Å². The Kier molecular flexibility index (Phi) is 6.90. The SMILES string of the molecule is C=C1CN2C[C@@H](O)C[C@@]2(COc2nc3c4c(nc(-c5c(C=N)c(N)cc(Cl)c5C5CC5)c(F)c4n2)OC[C@@H]2COCCCN32)C1. The molecule has 0 amide bonds. The van der Waals surface area contributed by atoms with Crippen LogP contribution in [-0.2, 0) is 4.74 Å². The fraction of sp³-hybridized carbons (Fsp3) is 0.500. The Labute approximate surface area is 264 Å². The number of aromatic nitrogens is 3. The van der Waals surface area contributed by atoms with E-state index in [1.807, 2.05) is 0 Å². The van der Waals surface area contributed by atoms with E-state index in [4.69, 9.17) is 46.9 Å². The first-order valence-corrected chi connectivity index (χ1v) is 15.9. The maximum atomic E-state index is 17.1. The third kappa shape index (κ3) is 4.72. The summed E-state index contributed by atoms with van der Waals surface area (Å²) in [6.07, 6.45) is 4.46. The van der Waals surface area contributed by atoms with Gasteiger partial charge in [-0.1, -0.05) is 23.8 Å². The predicted octanol–water partition coefficient (Wildman–Crippen LogP) is 4.07. The van der Waals surface area contributed by atoms with Gasteiger partial charge in [0.25, 0.3) is 0 Å². The largest absolute Gasteiger partial charge is 0.475 e. The number of hydrogen-bond donors (Lipinski definition) is 3. The van der Waals surface area contributed by atoms with Crippen molar-refractivity contribution >= 4 is 40.2 Å². The van der Waals surface area contributed by atoms with Crippen LogP contribution >= 0.6 is 11.6 Å². The van der Waals surface area contributed by atoms with Crippen molar-refractivity contribution in [3.8, 4) is 23.1 Å². The van der Waals surface area contributed by atoms with E-state index < -0.39 is 17.5 Å². The number of nitrogens with one attached hydrogen (secondary N) is 1. The maximum absolute atomic E-state index is 17.1. The van der Waals surface area contributed by atoms with Crippen molar-refractivity contribution in [1.82, 2.24) is 19.9 Å². The van der Waals surface area contributed by atoms with Gasteiger partial charge in [-0.2, -0.15) is 9.97 Å². The lowest BCUT2D eigenvalue weighted by Gasteiger charge is -2.31. The van der Waals surface area contributed by atoms with Crippen LogP contribution in [0.25, 0.3) is 22.2 Å². The molecule has 4 fully saturated rings. The molecule has 0 unspecified atom stereocenters. The average Bonchev–Trinajstić information content (AvgIpc) is 3.78. The molecule has 8 rings (SSSR count). The highest BCUT2D eigenvalue weighted by Crippen LogP contribution is 2.51. The van der Waals surface area contributed by atoms with Gasteiger partial charge >= 0.3 is 6.01 Å². The number of aliphatic hydroxyl groups excluding tert-OH is 1. The summed E-state index contributed by atoms with van der Waals surface area (Å²) in [6.45, 7) is 7.54. The monoisotopic (exact) mass is 635 g/mol. The van der Waals surface area contributed by atoms with E-state index in [1.54, 1.807) is 6.07 Å². The van der Waals surface area contributed by atoms with Crippen LogP contribution in [0.5, 0.6) is 11.9 Å². The van der Waals surface area contributed by atoms with Crippen LogP contribution in [0.1, 0.15) is 49.1 Å². The first-order valence-electron chi connectivity index (χ1n) is 15.5. The van der Waals surface area contributed by atoms with Crippen molar-refractivity contribution in [2.45, 2.75) is 55.7 Å². The molecular formula is C32H35ClFN7O4. The minimum absolute atomic E-state index is 0.00804. The van der Waals surface area contributed by atoms with E-state index >= 15 is 4.39 Å². The Morgan fingerprint density at radius 2 is 2.13 bits per heavy atom. The minimum atomic E-state index is -0.688. The molecular weight excluding hydrogens is 601 g/mol. The van der Waals surface area contributed by atoms with Crippen LogP contribution in [-0.4, -0.2) is 94.9 Å². The molecule has 1 saturated carbocycles. The Hall–Kier alpha value is -3.58. The number of benzene rings is 1. The van der Waals surface area contributed by atoms with Gasteiger partial charge in [0.2, 0.25) is 5.88 Å². The highest BCUT2D eigenvalue weighted by molar-refractivity contribution is 6.32. The number of nitrogen functional groups attached to an aromatic ring is 1. The van der Waals surface area contributed by atoms with E-state index in [0.29, 0.717) is 73.0 Å². The van der Waals surface area contributed by atoms with Gasteiger partial charge in [0.1, 0.15) is 35.6 Å². The third-order valence-electron chi connectivity index (χ3n) is 9.77. The third-order valence-corrected chi connectivity index (χ3v) is 10.1. The fourth-order valence-corrected chi connectivity index (χ4v) is 8.00. The number of rotatable bonds is 6. The highest BCUT2D eigenvalue weighted by Gasteiger charge is 2.50. The van der Waals surface area contributed by atoms with Crippen LogP contribution in [0.3, 0.4) is 0 Å². The lowest BCUT2D eigenvalue weighted by molar-refractivity contribution is 0.107. The number of nitrogens with two attached hydrogens (primary N) is 1. The Morgan fingerprint density at radius 1 is 1.29 bits per heavy atom. The number of pyridine rings is 1. The fourth-order valence-electron chi connectivity index (χ4n) is 7.64. The van der Waals surface area contributed by atoms with Crippen LogP contribution < -0.4 is 20.1 Å². The summed E-state index contributed by atoms with van der Waals surface area (Å²) >= 11 is 6.72. The Balaban J connectivity index is 1.32. The molecule has 6 heterocycles. The summed E-state index contributed by atoms with van der Waals surface area (Å²) in [7, 11) is 0. The zero-order chi connectivity index (χ0) is 31.0. The predicted molar refractivity (Wildman–Crippen MR) is 168 cm³/mol. The summed E-state index contributed by atoms with van der Waals surface area (Å²) < 4.78 is 35.6. The molecule has 0 spiro atoms. The molecule has 0 radical (unpaired) electrons. The highest BCUT2D eigenvalue weighted by atomic mass is 35.5. The number of ether oxygens (including phenoxy) is 3. The molecule has 5 aliphatic rings. The summed E-state index contributed by atoms with van der Waals surface area (Å²) in [4.78, 5) is 18.6. The zero-order valence-corrected chi connectivity index (χ0v) is 25.6. The number of anilines is 2. The second kappa shape index (κ2) is 10.8. The van der Waals surface area contributed by atoms with Gasteiger partial charge in [-0.25, -0.2) is 9.37 Å². The van der Waals surface area contributed by atoms with E-state index in [9.17, 15) is 5.11 Å². The number of halogens is 2. The second-order valence-corrected chi connectivity index (χ2v) is 13.4. The molecule has 3 aromatic rings. The average molecular weight is 636 g/mol. The van der Waals surface area contributed by atoms with Gasteiger partial charge in [-0.15, -0.1) is 0 Å². The second-order valence-electron chi connectivity index (χ2n) is 13.0. The molecule has 13 heteroatoms. The zero-order valence-electron chi connectivity index (χ0n) is 24.8. The normalized spacial score (nSPS) is 26.3. The topological polar surface area (TPSA) is 143 Å². The molecule has 236 valence electrons. The molecule has 45 heavy (non-hydrogen) atoms. The van der Waals surface area contributed by atoms with Crippen LogP contribution in [0, 0.1) is 11.2 Å². The van der Waals surface area contributed by atoms with Gasteiger partial charge in [0.15, 0.2) is 5.82 Å². The van der Waals surface area contributed by atoms with Crippen LogP contribution in [0.2, 0.25) is 5.02 Å². The molecule has 3 saturated heterocycles. The van der Waals surface area contributed by atoms with Crippen molar-refractivity contribution in [1.29, 1.82) is 5.41 Å². The van der Waals surface area contributed by atoms with Crippen molar-refractivity contribution in [3.63, 3.8) is 0 Å². The Bertz CT molecular complexity index is 1750. The van der Waals surface area contributed by atoms with E-state index in [1.165, 1.54) is 0 Å². The quantitative estimate of drug-likeness (QED) is 0.206. The molecule has 11 nitrogen and oxygen atoms in total. The van der Waals surface area contributed by atoms with Crippen molar-refractivity contribution in [3.05, 3.63) is 40.2 Å². The number of β-amino-alcohol motifs (C(OH)–C–C–N with tert-alkyl or cyclic N) is 1. The summed E-state index contributed by atoms with van der Waals surface area (Å²) in [6, 6.07) is 1.47. The van der Waals surface area contributed by atoms with Gasteiger partial charge in [-0.3, -0.25) is 4.90 Å². The first-order chi connectivity index (χ1) is 21.8. The van der Waals surface area contributed by atoms with Gasteiger partial charge in [0.05, 0.1) is 24.3 Å². The lowest BCUT2D eigenvalue weighted by atomic mass is 9.93. The molecule has 0 bridgehead atoms. The molecule has 1 aromatic carbocycles. The lowest BCUT2D eigenvalue weighted by Crippen LogP contribution is -2.43. The molecule has 4 N–H and O–H groups in total.